The summed E-state index contributed by atoms with van der Waals surface area (Å²) < 4.78 is 73.6. The van der Waals surface area contributed by atoms with Crippen molar-refractivity contribution >= 4 is 11.9 Å². The van der Waals surface area contributed by atoms with E-state index in [9.17, 15) is 37.1 Å². The Balaban J connectivity index is 1.52. The minimum atomic E-state index is -4.80. The number of benzene rings is 2. The van der Waals surface area contributed by atoms with Gasteiger partial charge in [0.25, 0.3) is 5.56 Å². The van der Waals surface area contributed by atoms with Gasteiger partial charge < -0.3 is 19.9 Å². The van der Waals surface area contributed by atoms with Crippen molar-refractivity contribution in [2.75, 3.05) is 19.6 Å². The third kappa shape index (κ3) is 8.87. The van der Waals surface area contributed by atoms with Crippen LogP contribution in [0.15, 0.2) is 41.3 Å². The molecule has 2 unspecified atom stereocenters. The van der Waals surface area contributed by atoms with Crippen molar-refractivity contribution in [3.8, 4) is 23.5 Å². The minimum Gasteiger partial charge on any atom is -0.481 e. The summed E-state index contributed by atoms with van der Waals surface area (Å²) >= 11 is 0. The molecular weight excluding hydrogens is 669 g/mol. The fraction of sp³-hybridized carbons (Fsp3) is 0.462. The van der Waals surface area contributed by atoms with E-state index in [0.29, 0.717) is 47.3 Å². The fourth-order valence-corrected chi connectivity index (χ4v) is 7.18. The quantitative estimate of drug-likeness (QED) is 0.145. The van der Waals surface area contributed by atoms with Gasteiger partial charge in [0.15, 0.2) is 0 Å². The Labute approximate surface area is 293 Å². The van der Waals surface area contributed by atoms with Crippen molar-refractivity contribution in [3.05, 3.63) is 91.9 Å². The maximum absolute atomic E-state index is 15.9. The van der Waals surface area contributed by atoms with Gasteiger partial charge in [-0.3, -0.25) is 14.4 Å². The molecule has 12 heteroatoms. The van der Waals surface area contributed by atoms with E-state index in [-0.39, 0.29) is 41.4 Å². The zero-order valence-electron chi connectivity index (χ0n) is 29.0. The van der Waals surface area contributed by atoms with Gasteiger partial charge in [-0.2, -0.15) is 13.2 Å². The van der Waals surface area contributed by atoms with Crippen LogP contribution >= 0.6 is 0 Å². The van der Waals surface area contributed by atoms with Gasteiger partial charge in [0.2, 0.25) is 5.91 Å². The molecule has 1 saturated carbocycles. The molecule has 2 aliphatic rings. The van der Waals surface area contributed by atoms with Crippen molar-refractivity contribution in [3.63, 3.8) is 0 Å². The number of hydrogen-bond donors (Lipinski definition) is 2. The second-order valence-electron chi connectivity index (χ2n) is 14.5. The second-order valence-corrected chi connectivity index (χ2v) is 14.5. The maximum atomic E-state index is 15.9. The molecule has 272 valence electrons. The van der Waals surface area contributed by atoms with Crippen molar-refractivity contribution in [1.82, 2.24) is 14.8 Å². The van der Waals surface area contributed by atoms with Crippen LogP contribution in [0.5, 0.6) is 0 Å². The van der Waals surface area contributed by atoms with Crippen LogP contribution in [0.3, 0.4) is 0 Å². The first-order chi connectivity index (χ1) is 23.9. The normalized spacial score (nSPS) is 16.4. The number of pyridine rings is 1. The predicted molar refractivity (Wildman–Crippen MR) is 183 cm³/mol. The van der Waals surface area contributed by atoms with Crippen LogP contribution in [0.25, 0.3) is 11.1 Å². The molecular formula is C39H42F5N3O4. The summed E-state index contributed by atoms with van der Waals surface area (Å²) in [7, 11) is 0. The molecule has 5 rings (SSSR count). The van der Waals surface area contributed by atoms with Gasteiger partial charge >= 0.3 is 12.1 Å². The third-order valence-electron chi connectivity index (χ3n) is 9.67. The maximum Gasteiger partial charge on any atom is 0.416 e. The molecule has 2 N–H and O–H groups in total. The highest BCUT2D eigenvalue weighted by molar-refractivity contribution is 5.82. The number of carbonyl (C=O) groups excluding carboxylic acids is 1. The lowest BCUT2D eigenvalue weighted by molar-refractivity contribution is -0.139. The van der Waals surface area contributed by atoms with E-state index in [1.54, 1.807) is 27.7 Å². The number of nitrogens with zero attached hydrogens (tertiary/aromatic N) is 2. The van der Waals surface area contributed by atoms with Crippen LogP contribution in [-0.2, 0) is 22.2 Å². The first-order valence-corrected chi connectivity index (χ1v) is 17.1. The van der Waals surface area contributed by atoms with Crippen LogP contribution in [0.4, 0.5) is 22.0 Å². The number of carboxylic acids is 1. The molecule has 0 bridgehead atoms. The van der Waals surface area contributed by atoms with Gasteiger partial charge in [-0.05, 0) is 109 Å². The molecule has 51 heavy (non-hydrogen) atoms. The Kier molecular flexibility index (Phi) is 11.1. The van der Waals surface area contributed by atoms with Crippen molar-refractivity contribution in [2.45, 2.75) is 78.1 Å². The Morgan fingerprint density at radius 3 is 2.24 bits per heavy atom. The highest BCUT2D eigenvalue weighted by atomic mass is 19.4. The number of carbonyl (C=O) groups is 2. The van der Waals surface area contributed by atoms with E-state index in [4.69, 9.17) is 6.42 Å². The van der Waals surface area contributed by atoms with E-state index in [0.717, 1.165) is 30.2 Å². The lowest BCUT2D eigenvalue weighted by atomic mass is 9.89. The summed E-state index contributed by atoms with van der Waals surface area (Å²) in [5.74, 6) is -1.07. The molecule has 1 aliphatic carbocycles. The molecule has 1 amide bonds. The van der Waals surface area contributed by atoms with Crippen LogP contribution in [0, 0.1) is 55.6 Å². The van der Waals surface area contributed by atoms with E-state index < -0.39 is 59.3 Å². The summed E-state index contributed by atoms with van der Waals surface area (Å²) in [6.45, 7) is 9.05. The molecule has 2 heterocycles. The Hall–Kier alpha value is -4.50. The topological polar surface area (TPSA) is 91.6 Å². The van der Waals surface area contributed by atoms with Crippen molar-refractivity contribution in [1.29, 1.82) is 0 Å². The van der Waals surface area contributed by atoms with Gasteiger partial charge in [0.05, 0.1) is 23.6 Å². The Morgan fingerprint density at radius 1 is 1.04 bits per heavy atom. The molecule has 1 saturated heterocycles. The van der Waals surface area contributed by atoms with Crippen LogP contribution < -0.4 is 10.9 Å². The van der Waals surface area contributed by atoms with Crippen LogP contribution in [-0.4, -0.2) is 46.1 Å². The van der Waals surface area contributed by atoms with Crippen molar-refractivity contribution < 1.29 is 36.6 Å². The van der Waals surface area contributed by atoms with Gasteiger partial charge in [-0.25, -0.2) is 8.78 Å². The summed E-state index contributed by atoms with van der Waals surface area (Å²) in [5.41, 5.74) is -0.735. The number of alkyl halides is 3. The Bertz CT molecular complexity index is 1900. The van der Waals surface area contributed by atoms with Gasteiger partial charge in [0, 0.05) is 37.5 Å². The SMILES string of the molecule is C#Cc1cc(-c2c(C)cc(F)cc2C)cc(C(CC(=O)O)NC(=O)C(CC(C)C)n2cc(CC3CN(CC4CC4)C3)c(C(F)(F)F)cc2=O)c1F. The van der Waals surface area contributed by atoms with Gasteiger partial charge in [0.1, 0.15) is 17.7 Å². The standard InChI is InChI=1S/C39H42F5N3O4/c1-6-26-13-27(36-22(4)10-29(40)11-23(36)5)14-30(37(26)41)32(16-35(49)50)45-38(51)33(9-21(2)3)47-20-28(31(15-34(47)48)39(42,43)44)12-25-18-46(19-25)17-24-7-8-24/h1,10-11,13-15,20-21,24-25,32-33H,7-9,12,16-19H2,2-5H3,(H,45,51)(H,49,50). The summed E-state index contributed by atoms with van der Waals surface area (Å²) in [4.78, 5) is 41.7. The lowest BCUT2D eigenvalue weighted by Gasteiger charge is -2.40. The first kappa shape index (κ1) is 37.7. The number of likely N-dealkylation sites (tertiary alicyclic amines) is 1. The van der Waals surface area contributed by atoms with Crippen LogP contribution in [0.1, 0.15) is 85.0 Å². The van der Waals surface area contributed by atoms with Gasteiger partial charge in [-0.1, -0.05) is 19.8 Å². The van der Waals surface area contributed by atoms with E-state index >= 15 is 4.39 Å². The monoisotopic (exact) mass is 711 g/mol. The highest BCUT2D eigenvalue weighted by Crippen LogP contribution is 2.37. The van der Waals surface area contributed by atoms with Crippen molar-refractivity contribution in [2.24, 2.45) is 17.8 Å². The largest absolute Gasteiger partial charge is 0.481 e. The average molecular weight is 712 g/mol. The minimum absolute atomic E-state index is 0.0149. The summed E-state index contributed by atoms with van der Waals surface area (Å²) in [6, 6.07) is 2.99. The number of terminal acetylenes is 1. The molecule has 1 aliphatic heterocycles. The van der Waals surface area contributed by atoms with E-state index in [1.807, 2.05) is 0 Å². The zero-order valence-corrected chi connectivity index (χ0v) is 29.0. The molecule has 2 aromatic carbocycles. The number of aromatic nitrogens is 1. The number of aliphatic carboxylic acids is 1. The lowest BCUT2D eigenvalue weighted by Crippen LogP contribution is -2.48. The molecule has 2 fully saturated rings. The van der Waals surface area contributed by atoms with Gasteiger partial charge in [-0.15, -0.1) is 6.42 Å². The molecule has 7 nitrogen and oxygen atoms in total. The predicted octanol–water partition coefficient (Wildman–Crippen LogP) is 7.21. The average Bonchev–Trinajstić information content (AvgIpc) is 3.82. The Morgan fingerprint density at radius 2 is 1.69 bits per heavy atom. The number of hydrogen-bond acceptors (Lipinski definition) is 4. The fourth-order valence-electron chi connectivity index (χ4n) is 7.18. The smallest absolute Gasteiger partial charge is 0.416 e. The second kappa shape index (κ2) is 15.0. The molecule has 0 radical (unpaired) electrons. The number of aryl methyl sites for hydroxylation is 2. The molecule has 0 spiro atoms. The summed E-state index contributed by atoms with van der Waals surface area (Å²) in [5, 5.41) is 12.4. The van der Waals surface area contributed by atoms with Crippen LogP contribution in [0.2, 0.25) is 0 Å². The molecule has 2 atom stereocenters. The molecule has 1 aromatic heterocycles. The first-order valence-electron chi connectivity index (χ1n) is 17.1. The molecule has 3 aromatic rings. The number of rotatable bonds is 13. The third-order valence-corrected chi connectivity index (χ3v) is 9.67. The van der Waals surface area contributed by atoms with E-state index in [1.165, 1.54) is 24.3 Å². The number of amides is 1. The zero-order chi connectivity index (χ0) is 37.4. The highest BCUT2D eigenvalue weighted by Gasteiger charge is 2.39. The van der Waals surface area contributed by atoms with E-state index in [2.05, 4.69) is 16.1 Å². The summed E-state index contributed by atoms with van der Waals surface area (Å²) in [6.07, 6.45) is 3.54. The number of halogens is 5. The number of carboxylic acid groups (broad SMARTS) is 1. The number of nitrogens with one attached hydrogen (secondary N) is 1.